The fourth-order valence-corrected chi connectivity index (χ4v) is 4.10. The molecule has 23 heavy (non-hydrogen) atoms. The van der Waals surface area contributed by atoms with Crippen molar-refractivity contribution in [3.8, 4) is 0 Å². The number of nitrogens with zero attached hydrogens (tertiary/aromatic N) is 4. The second-order valence-electron chi connectivity index (χ2n) is 7.15. The molecule has 2 aliphatic rings. The van der Waals surface area contributed by atoms with Gasteiger partial charge in [0.25, 0.3) is 0 Å². The first-order valence-corrected chi connectivity index (χ1v) is 9.20. The summed E-state index contributed by atoms with van der Waals surface area (Å²) in [4.78, 5) is 6.88. The lowest BCUT2D eigenvalue weighted by atomic mass is 10.0. The first kappa shape index (κ1) is 16.3. The molecule has 0 radical (unpaired) electrons. The monoisotopic (exact) mass is 317 g/mol. The average Bonchev–Trinajstić information content (AvgIpc) is 3.28. The standard InChI is InChI=1S/C18H31N5/c1-19-18(20-10-5-8-15-6-3-4-7-15)23-11-9-16(14-23)17-12-21-22(2)13-17/h12-13,15-16H,3-11,14H2,1-2H3,(H,19,20). The maximum atomic E-state index is 4.48. The van der Waals surface area contributed by atoms with Crippen molar-refractivity contribution in [2.75, 3.05) is 26.7 Å². The van der Waals surface area contributed by atoms with Crippen molar-refractivity contribution in [2.45, 2.75) is 50.9 Å². The van der Waals surface area contributed by atoms with Gasteiger partial charge in [-0.25, -0.2) is 0 Å². The van der Waals surface area contributed by atoms with E-state index in [0.29, 0.717) is 5.92 Å². The van der Waals surface area contributed by atoms with E-state index in [1.807, 2.05) is 25.0 Å². The number of likely N-dealkylation sites (tertiary alicyclic amines) is 1. The number of hydrogen-bond donors (Lipinski definition) is 1. The Kier molecular flexibility index (Phi) is 5.57. The van der Waals surface area contributed by atoms with Crippen LogP contribution in [0.25, 0.3) is 0 Å². The van der Waals surface area contributed by atoms with Gasteiger partial charge in [-0.15, -0.1) is 0 Å². The molecule has 2 fully saturated rings. The number of rotatable bonds is 5. The molecule has 1 aliphatic heterocycles. The maximum absolute atomic E-state index is 4.48. The molecule has 1 atom stereocenters. The van der Waals surface area contributed by atoms with Gasteiger partial charge >= 0.3 is 0 Å². The van der Waals surface area contributed by atoms with Crippen molar-refractivity contribution in [2.24, 2.45) is 18.0 Å². The van der Waals surface area contributed by atoms with E-state index in [4.69, 9.17) is 0 Å². The Morgan fingerprint density at radius 3 is 2.87 bits per heavy atom. The van der Waals surface area contributed by atoms with Gasteiger partial charge in [-0.1, -0.05) is 25.7 Å². The third-order valence-electron chi connectivity index (χ3n) is 5.44. The number of aryl methyl sites for hydroxylation is 1. The van der Waals surface area contributed by atoms with E-state index >= 15 is 0 Å². The molecule has 3 rings (SSSR count). The predicted molar refractivity (Wildman–Crippen MR) is 94.7 cm³/mol. The van der Waals surface area contributed by atoms with Gasteiger partial charge in [-0.2, -0.15) is 5.10 Å². The van der Waals surface area contributed by atoms with Gasteiger partial charge in [-0.05, 0) is 30.7 Å². The fraction of sp³-hybridized carbons (Fsp3) is 0.778. The molecule has 1 saturated carbocycles. The minimum Gasteiger partial charge on any atom is -0.356 e. The number of guanidine groups is 1. The van der Waals surface area contributed by atoms with Crippen LogP contribution in [0.5, 0.6) is 0 Å². The topological polar surface area (TPSA) is 45.5 Å². The Hall–Kier alpha value is -1.52. The van der Waals surface area contributed by atoms with E-state index in [0.717, 1.165) is 31.5 Å². The Morgan fingerprint density at radius 2 is 2.17 bits per heavy atom. The van der Waals surface area contributed by atoms with Crippen LogP contribution in [0.1, 0.15) is 56.4 Å². The highest BCUT2D eigenvalue weighted by atomic mass is 15.3. The number of nitrogens with one attached hydrogen (secondary N) is 1. The second kappa shape index (κ2) is 7.84. The molecule has 5 nitrogen and oxygen atoms in total. The summed E-state index contributed by atoms with van der Waals surface area (Å²) in [6.07, 6.45) is 13.8. The van der Waals surface area contributed by atoms with Gasteiger partial charge in [-0.3, -0.25) is 9.67 Å². The van der Waals surface area contributed by atoms with Crippen LogP contribution in [0, 0.1) is 5.92 Å². The quantitative estimate of drug-likeness (QED) is 0.516. The van der Waals surface area contributed by atoms with Crippen LogP contribution in [0.3, 0.4) is 0 Å². The van der Waals surface area contributed by atoms with E-state index in [9.17, 15) is 0 Å². The zero-order valence-electron chi connectivity index (χ0n) is 14.7. The third kappa shape index (κ3) is 4.27. The van der Waals surface area contributed by atoms with E-state index in [-0.39, 0.29) is 0 Å². The first-order valence-electron chi connectivity index (χ1n) is 9.20. The summed E-state index contributed by atoms with van der Waals surface area (Å²) >= 11 is 0. The van der Waals surface area contributed by atoms with Crippen LogP contribution in [-0.4, -0.2) is 47.3 Å². The fourth-order valence-electron chi connectivity index (χ4n) is 4.10. The van der Waals surface area contributed by atoms with E-state index in [1.54, 1.807) is 0 Å². The smallest absolute Gasteiger partial charge is 0.193 e. The van der Waals surface area contributed by atoms with Crippen LogP contribution in [-0.2, 0) is 7.05 Å². The summed E-state index contributed by atoms with van der Waals surface area (Å²) in [6.45, 7) is 3.19. The third-order valence-corrected chi connectivity index (χ3v) is 5.44. The van der Waals surface area contributed by atoms with Crippen molar-refractivity contribution in [1.82, 2.24) is 20.0 Å². The van der Waals surface area contributed by atoms with Crippen LogP contribution >= 0.6 is 0 Å². The Morgan fingerprint density at radius 1 is 1.35 bits per heavy atom. The molecular formula is C18H31N5. The number of hydrogen-bond acceptors (Lipinski definition) is 2. The van der Waals surface area contributed by atoms with Crippen molar-refractivity contribution >= 4 is 5.96 Å². The molecule has 0 spiro atoms. The van der Waals surface area contributed by atoms with Crippen LogP contribution in [0.2, 0.25) is 0 Å². The summed E-state index contributed by atoms with van der Waals surface area (Å²) in [6, 6.07) is 0. The maximum Gasteiger partial charge on any atom is 0.193 e. The number of aliphatic imine (C=N–C) groups is 1. The molecule has 1 aromatic rings. The summed E-state index contributed by atoms with van der Waals surface area (Å²) < 4.78 is 1.90. The summed E-state index contributed by atoms with van der Waals surface area (Å²) in [5.41, 5.74) is 1.35. The Bertz CT molecular complexity index is 515. The van der Waals surface area contributed by atoms with Gasteiger partial charge < -0.3 is 10.2 Å². The predicted octanol–water partition coefficient (Wildman–Crippen LogP) is 2.76. The van der Waals surface area contributed by atoms with E-state index in [1.165, 1.54) is 50.5 Å². The van der Waals surface area contributed by atoms with Crippen LogP contribution in [0.4, 0.5) is 0 Å². The van der Waals surface area contributed by atoms with Gasteiger partial charge in [0.05, 0.1) is 6.20 Å². The molecule has 5 heteroatoms. The highest BCUT2D eigenvalue weighted by Crippen LogP contribution is 2.28. The molecule has 1 aliphatic carbocycles. The molecule has 1 unspecified atom stereocenters. The van der Waals surface area contributed by atoms with Crippen LogP contribution < -0.4 is 5.32 Å². The van der Waals surface area contributed by atoms with Gasteiger partial charge in [0.15, 0.2) is 5.96 Å². The normalized spacial score (nSPS) is 23.0. The summed E-state index contributed by atoms with van der Waals surface area (Å²) in [7, 11) is 3.89. The zero-order valence-corrected chi connectivity index (χ0v) is 14.7. The highest BCUT2D eigenvalue weighted by Gasteiger charge is 2.26. The molecule has 0 aromatic carbocycles. The molecule has 128 valence electrons. The first-order chi connectivity index (χ1) is 11.3. The SMILES string of the molecule is CN=C(NCCCC1CCCC1)N1CCC(c2cnn(C)c2)C1. The Balaban J connectivity index is 1.42. The van der Waals surface area contributed by atoms with Crippen molar-refractivity contribution < 1.29 is 0 Å². The van der Waals surface area contributed by atoms with Gasteiger partial charge in [0.1, 0.15) is 0 Å². The van der Waals surface area contributed by atoms with E-state index < -0.39 is 0 Å². The van der Waals surface area contributed by atoms with Gasteiger partial charge in [0.2, 0.25) is 0 Å². The van der Waals surface area contributed by atoms with Crippen molar-refractivity contribution in [1.29, 1.82) is 0 Å². The lowest BCUT2D eigenvalue weighted by molar-refractivity contribution is 0.461. The Labute approximate surface area is 140 Å². The van der Waals surface area contributed by atoms with Crippen molar-refractivity contribution in [3.05, 3.63) is 18.0 Å². The average molecular weight is 317 g/mol. The minimum absolute atomic E-state index is 0.584. The lowest BCUT2D eigenvalue weighted by Gasteiger charge is -2.22. The van der Waals surface area contributed by atoms with Gasteiger partial charge in [0, 0.05) is 45.8 Å². The molecule has 0 bridgehead atoms. The molecule has 1 N–H and O–H groups in total. The molecule has 1 aromatic heterocycles. The molecule has 2 heterocycles. The zero-order chi connectivity index (χ0) is 16.1. The lowest BCUT2D eigenvalue weighted by Crippen LogP contribution is -2.40. The molecule has 1 saturated heterocycles. The number of aromatic nitrogens is 2. The largest absolute Gasteiger partial charge is 0.356 e. The molecule has 0 amide bonds. The minimum atomic E-state index is 0.584. The van der Waals surface area contributed by atoms with Crippen LogP contribution in [0.15, 0.2) is 17.4 Å². The molecular weight excluding hydrogens is 286 g/mol. The summed E-state index contributed by atoms with van der Waals surface area (Å²) in [5, 5.41) is 7.87. The second-order valence-corrected chi connectivity index (χ2v) is 7.15. The summed E-state index contributed by atoms with van der Waals surface area (Å²) in [5.74, 6) is 2.64. The highest BCUT2D eigenvalue weighted by molar-refractivity contribution is 5.80. The van der Waals surface area contributed by atoms with E-state index in [2.05, 4.69) is 26.5 Å². The van der Waals surface area contributed by atoms with Crippen molar-refractivity contribution in [3.63, 3.8) is 0 Å².